The molecule has 6 nitrogen and oxygen atoms in total. The number of rotatable bonds is 4. The maximum absolute atomic E-state index is 12.3. The molecule has 1 saturated heterocycles. The minimum Gasteiger partial charge on any atom is -0.398 e. The Hall–Kier alpha value is -0.640. The molecule has 1 atom stereocenters. The summed E-state index contributed by atoms with van der Waals surface area (Å²) in [6.07, 6.45) is 0.491. The molecule has 1 unspecified atom stereocenters. The number of benzene rings is 1. The first-order valence-corrected chi connectivity index (χ1v) is 10.5. The van der Waals surface area contributed by atoms with Crippen LogP contribution in [0.25, 0.3) is 0 Å². The minimum atomic E-state index is -3.72. The van der Waals surface area contributed by atoms with E-state index in [1.165, 1.54) is 6.07 Å². The predicted molar refractivity (Wildman–Crippen MR) is 85.2 cm³/mol. The molecule has 3 N–H and O–H groups in total. The Kier molecular flexibility index (Phi) is 4.67. The summed E-state index contributed by atoms with van der Waals surface area (Å²) in [7, 11) is -6.73. The van der Waals surface area contributed by atoms with Gasteiger partial charge in [0.25, 0.3) is 0 Å². The van der Waals surface area contributed by atoms with Crippen molar-refractivity contribution in [3.8, 4) is 0 Å². The average molecular weight is 397 g/mol. The number of anilines is 1. The Morgan fingerprint density at radius 2 is 2.10 bits per heavy atom. The summed E-state index contributed by atoms with van der Waals surface area (Å²) in [6, 6.07) is 3.12. The summed E-state index contributed by atoms with van der Waals surface area (Å²) in [6.45, 7) is 1.75. The van der Waals surface area contributed by atoms with Crippen molar-refractivity contribution in [1.82, 2.24) is 4.72 Å². The maximum Gasteiger partial charge on any atom is 0.240 e. The van der Waals surface area contributed by atoms with E-state index in [2.05, 4.69) is 20.7 Å². The second-order valence-electron chi connectivity index (χ2n) is 5.24. The van der Waals surface area contributed by atoms with Crippen molar-refractivity contribution in [2.45, 2.75) is 18.2 Å². The Balaban J connectivity index is 2.16. The third-order valence-electron chi connectivity index (χ3n) is 3.54. The monoisotopic (exact) mass is 396 g/mol. The zero-order valence-electron chi connectivity index (χ0n) is 11.5. The van der Waals surface area contributed by atoms with Crippen LogP contribution in [0.3, 0.4) is 0 Å². The first kappa shape index (κ1) is 16.7. The molecule has 0 amide bonds. The SMILES string of the molecule is Cc1c(N)cc(Br)cc1S(=O)(=O)NCC1CCS(=O)(=O)C1. The lowest BCUT2D eigenvalue weighted by Gasteiger charge is -2.13. The fraction of sp³-hybridized carbons (Fsp3) is 0.500. The first-order valence-electron chi connectivity index (χ1n) is 6.36. The van der Waals surface area contributed by atoms with E-state index < -0.39 is 19.9 Å². The lowest BCUT2D eigenvalue weighted by atomic mass is 10.1. The molecule has 118 valence electrons. The Morgan fingerprint density at radius 1 is 1.43 bits per heavy atom. The lowest BCUT2D eigenvalue weighted by Crippen LogP contribution is -2.30. The highest BCUT2D eigenvalue weighted by atomic mass is 79.9. The van der Waals surface area contributed by atoms with E-state index in [9.17, 15) is 16.8 Å². The van der Waals surface area contributed by atoms with Crippen LogP contribution in [-0.4, -0.2) is 34.9 Å². The molecule has 2 rings (SSSR count). The first-order chi connectivity index (χ1) is 9.61. The molecule has 0 aliphatic carbocycles. The molecule has 1 heterocycles. The number of sulfonamides is 1. The van der Waals surface area contributed by atoms with E-state index >= 15 is 0 Å². The van der Waals surface area contributed by atoms with Crippen molar-refractivity contribution < 1.29 is 16.8 Å². The number of nitrogens with one attached hydrogen (secondary N) is 1. The second kappa shape index (κ2) is 5.86. The van der Waals surface area contributed by atoms with Crippen LogP contribution in [0.1, 0.15) is 12.0 Å². The molecule has 9 heteroatoms. The molecule has 0 bridgehead atoms. The summed E-state index contributed by atoms with van der Waals surface area (Å²) in [5.41, 5.74) is 6.63. The number of nitrogen functional groups attached to an aromatic ring is 1. The van der Waals surface area contributed by atoms with Gasteiger partial charge in [-0.05, 0) is 37.0 Å². The van der Waals surface area contributed by atoms with Crippen LogP contribution in [0.4, 0.5) is 5.69 Å². The van der Waals surface area contributed by atoms with Crippen LogP contribution in [0, 0.1) is 12.8 Å². The van der Waals surface area contributed by atoms with Gasteiger partial charge in [-0.2, -0.15) is 0 Å². The van der Waals surface area contributed by atoms with Crippen LogP contribution in [-0.2, 0) is 19.9 Å². The molecule has 0 aromatic heterocycles. The van der Waals surface area contributed by atoms with Crippen LogP contribution in [0.5, 0.6) is 0 Å². The van der Waals surface area contributed by atoms with Gasteiger partial charge in [0.2, 0.25) is 10.0 Å². The van der Waals surface area contributed by atoms with Gasteiger partial charge in [-0.15, -0.1) is 0 Å². The van der Waals surface area contributed by atoms with Crippen LogP contribution in [0.2, 0.25) is 0 Å². The Morgan fingerprint density at radius 3 is 2.67 bits per heavy atom. The molecule has 1 aromatic carbocycles. The highest BCUT2D eigenvalue weighted by Crippen LogP contribution is 2.26. The summed E-state index contributed by atoms with van der Waals surface area (Å²) >= 11 is 3.22. The van der Waals surface area contributed by atoms with E-state index in [0.29, 0.717) is 22.1 Å². The van der Waals surface area contributed by atoms with Crippen molar-refractivity contribution in [2.75, 3.05) is 23.8 Å². The van der Waals surface area contributed by atoms with Gasteiger partial charge >= 0.3 is 0 Å². The number of halogens is 1. The van der Waals surface area contributed by atoms with Crippen molar-refractivity contribution in [3.05, 3.63) is 22.2 Å². The van der Waals surface area contributed by atoms with E-state index in [1.807, 2.05) is 0 Å². The van der Waals surface area contributed by atoms with Crippen molar-refractivity contribution >= 4 is 41.5 Å². The number of hydrogen-bond acceptors (Lipinski definition) is 5. The zero-order valence-corrected chi connectivity index (χ0v) is 14.7. The highest BCUT2D eigenvalue weighted by molar-refractivity contribution is 9.10. The van der Waals surface area contributed by atoms with Crippen molar-refractivity contribution in [3.63, 3.8) is 0 Å². The smallest absolute Gasteiger partial charge is 0.240 e. The van der Waals surface area contributed by atoms with E-state index in [-0.39, 0.29) is 28.9 Å². The molecular weight excluding hydrogens is 380 g/mol. The van der Waals surface area contributed by atoms with Crippen molar-refractivity contribution in [1.29, 1.82) is 0 Å². The summed E-state index contributed by atoms with van der Waals surface area (Å²) in [4.78, 5) is 0.107. The molecule has 0 saturated carbocycles. The van der Waals surface area contributed by atoms with Gasteiger partial charge in [0, 0.05) is 16.7 Å². The molecule has 1 aromatic rings. The lowest BCUT2D eigenvalue weighted by molar-refractivity contribution is 0.543. The van der Waals surface area contributed by atoms with Gasteiger partial charge in [-0.25, -0.2) is 21.6 Å². The summed E-state index contributed by atoms with van der Waals surface area (Å²) < 4.78 is 50.5. The maximum atomic E-state index is 12.3. The molecule has 21 heavy (non-hydrogen) atoms. The second-order valence-corrected chi connectivity index (χ2v) is 10.1. The molecule has 0 radical (unpaired) electrons. The number of hydrogen-bond donors (Lipinski definition) is 2. The minimum absolute atomic E-state index is 0.0368. The molecule has 0 spiro atoms. The van der Waals surface area contributed by atoms with E-state index in [1.54, 1.807) is 13.0 Å². The quantitative estimate of drug-likeness (QED) is 0.739. The Labute approximate surface area is 133 Å². The fourth-order valence-corrected chi connectivity index (χ4v) is 6.19. The van der Waals surface area contributed by atoms with E-state index in [4.69, 9.17) is 5.73 Å². The van der Waals surface area contributed by atoms with Crippen molar-refractivity contribution in [2.24, 2.45) is 5.92 Å². The largest absolute Gasteiger partial charge is 0.398 e. The molecule has 1 aliphatic rings. The molecular formula is C12H17BrN2O4S2. The summed E-state index contributed by atoms with van der Waals surface area (Å²) in [5, 5.41) is 0. The standard InChI is InChI=1S/C12H17BrN2O4S2/c1-8-11(14)4-10(13)5-12(8)21(18,19)15-6-9-2-3-20(16,17)7-9/h4-5,9,15H,2-3,6-7,14H2,1H3. The van der Waals surface area contributed by atoms with Crippen LogP contribution < -0.4 is 10.5 Å². The summed E-state index contributed by atoms with van der Waals surface area (Å²) in [5.74, 6) is -0.00762. The topological polar surface area (TPSA) is 106 Å². The molecule has 1 aliphatic heterocycles. The zero-order chi connectivity index (χ0) is 15.8. The normalized spacial score (nSPS) is 21.5. The highest BCUT2D eigenvalue weighted by Gasteiger charge is 2.29. The van der Waals surface area contributed by atoms with E-state index in [0.717, 1.165) is 0 Å². The van der Waals surface area contributed by atoms with Gasteiger partial charge in [-0.1, -0.05) is 15.9 Å². The predicted octanol–water partition coefficient (Wildman–Crippen LogP) is 1.05. The average Bonchev–Trinajstić information content (AvgIpc) is 2.71. The van der Waals surface area contributed by atoms with Gasteiger partial charge in [0.15, 0.2) is 9.84 Å². The fourth-order valence-electron chi connectivity index (χ4n) is 2.29. The van der Waals surface area contributed by atoms with Gasteiger partial charge < -0.3 is 5.73 Å². The van der Waals surface area contributed by atoms with Gasteiger partial charge in [-0.3, -0.25) is 0 Å². The molecule has 1 fully saturated rings. The third-order valence-corrected chi connectivity index (χ3v) is 7.39. The van der Waals surface area contributed by atoms with Gasteiger partial charge in [0.05, 0.1) is 16.4 Å². The van der Waals surface area contributed by atoms with Gasteiger partial charge in [0.1, 0.15) is 0 Å². The number of nitrogens with two attached hydrogens (primary N) is 1. The number of sulfone groups is 1. The van der Waals surface area contributed by atoms with Crippen LogP contribution >= 0.6 is 15.9 Å². The third kappa shape index (κ3) is 3.97. The van der Waals surface area contributed by atoms with Crippen LogP contribution in [0.15, 0.2) is 21.5 Å². The Bertz CT molecular complexity index is 760.